The number of primary amides is 1. The molecule has 1 heterocycles. The Morgan fingerprint density at radius 2 is 1.96 bits per heavy atom. The van der Waals surface area contributed by atoms with E-state index in [0.29, 0.717) is 11.3 Å². The van der Waals surface area contributed by atoms with Crippen LogP contribution in [0.3, 0.4) is 0 Å². The van der Waals surface area contributed by atoms with E-state index in [2.05, 4.69) is 5.16 Å². The second kappa shape index (κ2) is 7.03. The summed E-state index contributed by atoms with van der Waals surface area (Å²) in [5, 5.41) is 12.7. The van der Waals surface area contributed by atoms with Gasteiger partial charge < -0.3 is 15.0 Å². The molecule has 0 aliphatic carbocycles. The molecule has 6 nitrogen and oxygen atoms in total. The normalized spacial score (nSPS) is 10.3. The zero-order chi connectivity index (χ0) is 18.7. The van der Waals surface area contributed by atoms with E-state index in [1.54, 1.807) is 30.3 Å². The molecule has 3 aromatic rings. The third kappa shape index (κ3) is 3.37. The van der Waals surface area contributed by atoms with Crippen molar-refractivity contribution in [2.24, 2.45) is 5.73 Å². The van der Waals surface area contributed by atoms with E-state index < -0.39 is 23.1 Å². The van der Waals surface area contributed by atoms with Gasteiger partial charge >= 0.3 is 0 Å². The first-order chi connectivity index (χ1) is 12.5. The van der Waals surface area contributed by atoms with Crippen molar-refractivity contribution in [3.8, 4) is 23.1 Å². The first-order valence-electron chi connectivity index (χ1n) is 7.36. The minimum Gasteiger partial charge on any atom is -0.482 e. The van der Waals surface area contributed by atoms with Crippen LogP contribution in [0.1, 0.15) is 21.7 Å². The van der Waals surface area contributed by atoms with Crippen LogP contribution in [0, 0.1) is 23.0 Å². The summed E-state index contributed by atoms with van der Waals surface area (Å²) in [7, 11) is 0. The Balaban J connectivity index is 1.75. The van der Waals surface area contributed by atoms with Gasteiger partial charge in [-0.25, -0.2) is 8.78 Å². The zero-order valence-corrected chi connectivity index (χ0v) is 13.2. The molecule has 8 heteroatoms. The number of halogens is 2. The summed E-state index contributed by atoms with van der Waals surface area (Å²) in [6.07, 6.45) is 0. The van der Waals surface area contributed by atoms with Crippen molar-refractivity contribution in [2.45, 2.75) is 6.61 Å². The second-order valence-electron chi connectivity index (χ2n) is 5.26. The number of aromatic nitrogens is 1. The molecule has 2 aromatic carbocycles. The number of nitriles is 1. The van der Waals surface area contributed by atoms with Gasteiger partial charge in [-0.3, -0.25) is 4.79 Å². The van der Waals surface area contributed by atoms with Crippen molar-refractivity contribution in [3.63, 3.8) is 0 Å². The Labute approximate surface area is 146 Å². The average molecular weight is 355 g/mol. The van der Waals surface area contributed by atoms with Gasteiger partial charge in [-0.05, 0) is 24.3 Å². The van der Waals surface area contributed by atoms with Crippen molar-refractivity contribution < 1.29 is 22.8 Å². The number of carbonyl (C=O) groups is 1. The van der Waals surface area contributed by atoms with Gasteiger partial charge in [0.15, 0.2) is 17.3 Å². The predicted octanol–water partition coefficient (Wildman–Crippen LogP) is 3.17. The van der Waals surface area contributed by atoms with Gasteiger partial charge in [-0.15, -0.1) is 0 Å². The fraction of sp³-hybridized carbons (Fsp3) is 0.0556. The molecule has 1 amide bonds. The molecule has 0 atom stereocenters. The number of benzene rings is 2. The molecule has 0 saturated heterocycles. The SMILES string of the molecule is N#Cc1ccc(-c2cc(COc3ccc(F)c(C(N)=O)c3F)on2)cc1. The number of amides is 1. The van der Waals surface area contributed by atoms with Crippen LogP contribution in [0.5, 0.6) is 5.75 Å². The van der Waals surface area contributed by atoms with Crippen molar-refractivity contribution >= 4 is 5.91 Å². The topological polar surface area (TPSA) is 102 Å². The Hall–Kier alpha value is -3.73. The van der Waals surface area contributed by atoms with Gasteiger partial charge in [-0.1, -0.05) is 17.3 Å². The molecular weight excluding hydrogens is 344 g/mol. The molecule has 0 fully saturated rings. The van der Waals surface area contributed by atoms with Crippen LogP contribution in [0.15, 0.2) is 47.0 Å². The minimum absolute atomic E-state index is 0.190. The highest BCUT2D eigenvalue weighted by molar-refractivity contribution is 5.93. The number of carbonyl (C=O) groups excluding carboxylic acids is 1. The molecule has 130 valence electrons. The van der Waals surface area contributed by atoms with Crippen LogP contribution in [0.4, 0.5) is 8.78 Å². The molecule has 2 N–H and O–H groups in total. The van der Waals surface area contributed by atoms with Gasteiger partial charge in [0.05, 0.1) is 11.6 Å². The number of ether oxygens (including phenoxy) is 1. The van der Waals surface area contributed by atoms with E-state index >= 15 is 0 Å². The maximum Gasteiger partial charge on any atom is 0.254 e. The summed E-state index contributed by atoms with van der Waals surface area (Å²) >= 11 is 0. The lowest BCUT2D eigenvalue weighted by Crippen LogP contribution is -2.16. The molecule has 0 unspecified atom stereocenters. The second-order valence-corrected chi connectivity index (χ2v) is 5.26. The highest BCUT2D eigenvalue weighted by Crippen LogP contribution is 2.25. The molecule has 0 spiro atoms. The summed E-state index contributed by atoms with van der Waals surface area (Å²) in [5.74, 6) is -3.52. The van der Waals surface area contributed by atoms with E-state index in [1.165, 1.54) is 0 Å². The molecule has 0 aliphatic rings. The average Bonchev–Trinajstić information content (AvgIpc) is 3.10. The number of hydrogen-bond donors (Lipinski definition) is 1. The van der Waals surface area contributed by atoms with Crippen LogP contribution in [0.2, 0.25) is 0 Å². The van der Waals surface area contributed by atoms with Crippen molar-refractivity contribution in [1.82, 2.24) is 5.16 Å². The Kier molecular flexibility index (Phi) is 4.62. The smallest absolute Gasteiger partial charge is 0.254 e. The zero-order valence-electron chi connectivity index (χ0n) is 13.2. The van der Waals surface area contributed by atoms with Crippen molar-refractivity contribution in [3.05, 3.63) is 71.0 Å². The maximum absolute atomic E-state index is 14.1. The monoisotopic (exact) mass is 355 g/mol. The molecule has 0 radical (unpaired) electrons. The van der Waals surface area contributed by atoms with Gasteiger partial charge in [0, 0.05) is 11.6 Å². The van der Waals surface area contributed by atoms with Gasteiger partial charge in [0.25, 0.3) is 5.91 Å². The van der Waals surface area contributed by atoms with Gasteiger partial charge in [-0.2, -0.15) is 5.26 Å². The standard InChI is InChI=1S/C18H11F2N3O3/c19-13-5-6-15(17(20)16(13)18(22)24)25-9-12-7-14(23-26-12)11-3-1-10(8-21)2-4-11/h1-7H,9H2,(H2,22,24). The molecule has 0 bridgehead atoms. The number of nitrogens with zero attached hydrogens (tertiary/aromatic N) is 2. The third-order valence-electron chi connectivity index (χ3n) is 3.54. The number of rotatable bonds is 5. The van der Waals surface area contributed by atoms with E-state index in [9.17, 15) is 13.6 Å². The van der Waals surface area contributed by atoms with E-state index in [1.807, 2.05) is 6.07 Å². The van der Waals surface area contributed by atoms with Crippen LogP contribution >= 0.6 is 0 Å². The van der Waals surface area contributed by atoms with Crippen LogP contribution in [-0.4, -0.2) is 11.1 Å². The van der Waals surface area contributed by atoms with E-state index in [-0.39, 0.29) is 18.1 Å². The van der Waals surface area contributed by atoms with Crippen LogP contribution in [-0.2, 0) is 6.61 Å². The lowest BCUT2D eigenvalue weighted by atomic mass is 10.1. The molecule has 26 heavy (non-hydrogen) atoms. The lowest BCUT2D eigenvalue weighted by Gasteiger charge is -2.08. The maximum atomic E-state index is 14.1. The van der Waals surface area contributed by atoms with Crippen molar-refractivity contribution in [1.29, 1.82) is 5.26 Å². The van der Waals surface area contributed by atoms with Crippen molar-refractivity contribution in [2.75, 3.05) is 0 Å². The van der Waals surface area contributed by atoms with E-state index in [0.717, 1.165) is 17.7 Å². The molecule has 0 saturated carbocycles. The quantitative estimate of drug-likeness (QED) is 0.757. The van der Waals surface area contributed by atoms with Gasteiger partial charge in [0.2, 0.25) is 0 Å². The Morgan fingerprint density at radius 1 is 1.23 bits per heavy atom. The first-order valence-corrected chi connectivity index (χ1v) is 7.36. The number of nitrogens with two attached hydrogens (primary N) is 1. The lowest BCUT2D eigenvalue weighted by molar-refractivity contribution is 0.0991. The van der Waals surface area contributed by atoms with Gasteiger partial charge in [0.1, 0.15) is 23.7 Å². The predicted molar refractivity (Wildman–Crippen MR) is 85.9 cm³/mol. The highest BCUT2D eigenvalue weighted by Gasteiger charge is 2.19. The third-order valence-corrected chi connectivity index (χ3v) is 3.54. The first kappa shape index (κ1) is 17.1. The summed E-state index contributed by atoms with van der Waals surface area (Å²) in [6.45, 7) is -0.190. The Bertz CT molecular complexity index is 1010. The van der Waals surface area contributed by atoms with E-state index in [4.69, 9.17) is 20.3 Å². The summed E-state index contributed by atoms with van der Waals surface area (Å²) < 4.78 is 37.9. The Morgan fingerprint density at radius 3 is 2.62 bits per heavy atom. The summed E-state index contributed by atoms with van der Waals surface area (Å²) in [5.41, 5.74) is 5.84. The summed E-state index contributed by atoms with van der Waals surface area (Å²) in [6, 6.07) is 12.2. The molecule has 3 rings (SSSR count). The largest absolute Gasteiger partial charge is 0.482 e. The highest BCUT2D eigenvalue weighted by atomic mass is 19.1. The van der Waals surface area contributed by atoms with Crippen LogP contribution in [0.25, 0.3) is 11.3 Å². The number of hydrogen-bond acceptors (Lipinski definition) is 5. The summed E-state index contributed by atoms with van der Waals surface area (Å²) in [4.78, 5) is 11.1. The fourth-order valence-electron chi connectivity index (χ4n) is 2.25. The molecule has 1 aromatic heterocycles. The molecular formula is C18H11F2N3O3. The van der Waals surface area contributed by atoms with Crippen LogP contribution < -0.4 is 10.5 Å². The fourth-order valence-corrected chi connectivity index (χ4v) is 2.25. The minimum atomic E-state index is -1.23. The molecule has 0 aliphatic heterocycles.